The first-order chi connectivity index (χ1) is 14.6. The molecular formula is C18H27NO11S. The fourth-order valence-electron chi connectivity index (χ4n) is 3.82. The molecule has 2 aliphatic rings. The molecule has 0 bridgehead atoms. The second kappa shape index (κ2) is 10.1. The summed E-state index contributed by atoms with van der Waals surface area (Å²) < 4.78 is 47.4. The zero-order chi connectivity index (χ0) is 22.8. The van der Waals surface area contributed by atoms with E-state index in [0.717, 1.165) is 5.56 Å². The Kier molecular flexibility index (Phi) is 7.99. The predicted octanol–water partition coefficient (Wildman–Crippen LogP) is -2.76. The Labute approximate surface area is 179 Å². The molecule has 3 rings (SSSR count). The van der Waals surface area contributed by atoms with Gasteiger partial charge in [-0.3, -0.25) is 9.45 Å². The van der Waals surface area contributed by atoms with Gasteiger partial charge in [0.15, 0.2) is 6.29 Å². The van der Waals surface area contributed by atoms with Crippen molar-refractivity contribution >= 4 is 10.4 Å². The van der Waals surface area contributed by atoms with Gasteiger partial charge in [-0.15, -0.1) is 0 Å². The quantitative estimate of drug-likeness (QED) is 0.217. The number of benzene rings is 1. The van der Waals surface area contributed by atoms with Crippen LogP contribution in [-0.4, -0.2) is 112 Å². The summed E-state index contributed by atoms with van der Waals surface area (Å²) in [6.07, 6.45) is -10.3. The zero-order valence-corrected chi connectivity index (χ0v) is 17.2. The largest absolute Gasteiger partial charge is 0.397 e. The second-order valence-electron chi connectivity index (χ2n) is 7.57. The average molecular weight is 465 g/mol. The van der Waals surface area contributed by atoms with E-state index in [0.29, 0.717) is 0 Å². The number of hydrogen-bond donors (Lipinski definition) is 6. The lowest BCUT2D eigenvalue weighted by molar-refractivity contribution is -0.298. The lowest BCUT2D eigenvalue weighted by Gasteiger charge is -2.43. The summed E-state index contributed by atoms with van der Waals surface area (Å²) >= 11 is 0. The van der Waals surface area contributed by atoms with Gasteiger partial charge >= 0.3 is 10.4 Å². The fraction of sp³-hybridized carbons (Fsp3) is 0.667. The van der Waals surface area contributed by atoms with Gasteiger partial charge < -0.3 is 35.0 Å². The average Bonchev–Trinajstić information content (AvgIpc) is 2.99. The van der Waals surface area contributed by atoms with Crippen LogP contribution in [0.25, 0.3) is 0 Å². The van der Waals surface area contributed by atoms with Crippen LogP contribution < -0.4 is 0 Å². The number of hydrogen-bond acceptors (Lipinski definition) is 11. The summed E-state index contributed by atoms with van der Waals surface area (Å²) in [6, 6.07) is 8.03. The Hall–Kier alpha value is -1.23. The fourth-order valence-corrected chi connectivity index (χ4v) is 4.34. The molecular weight excluding hydrogens is 438 g/mol. The van der Waals surface area contributed by atoms with Gasteiger partial charge in [-0.05, 0) is 5.56 Å². The molecule has 2 fully saturated rings. The van der Waals surface area contributed by atoms with Crippen LogP contribution in [0.15, 0.2) is 30.3 Å². The molecule has 31 heavy (non-hydrogen) atoms. The monoisotopic (exact) mass is 465 g/mol. The first-order valence-corrected chi connectivity index (χ1v) is 11.0. The van der Waals surface area contributed by atoms with Gasteiger partial charge in [0.1, 0.15) is 24.4 Å². The van der Waals surface area contributed by atoms with E-state index in [9.17, 15) is 34.0 Å². The van der Waals surface area contributed by atoms with Crippen LogP contribution in [0.4, 0.5) is 0 Å². The van der Waals surface area contributed by atoms with Crippen molar-refractivity contribution in [3.63, 3.8) is 0 Å². The third-order valence-corrected chi connectivity index (χ3v) is 5.88. The highest BCUT2D eigenvalue weighted by Crippen LogP contribution is 2.29. The minimum atomic E-state index is -5.02. The maximum absolute atomic E-state index is 11.3. The van der Waals surface area contributed by atoms with Crippen molar-refractivity contribution in [2.45, 2.75) is 55.6 Å². The predicted molar refractivity (Wildman–Crippen MR) is 103 cm³/mol. The zero-order valence-electron chi connectivity index (χ0n) is 16.4. The van der Waals surface area contributed by atoms with Gasteiger partial charge in [0, 0.05) is 13.1 Å². The summed E-state index contributed by atoms with van der Waals surface area (Å²) in [5, 5.41) is 50.2. The molecule has 13 heteroatoms. The summed E-state index contributed by atoms with van der Waals surface area (Å²) in [7, 11) is -5.02. The number of aliphatic hydroxyl groups is 5. The molecule has 0 aliphatic carbocycles. The van der Waals surface area contributed by atoms with Crippen LogP contribution in [0.5, 0.6) is 0 Å². The van der Waals surface area contributed by atoms with Crippen LogP contribution in [0.3, 0.4) is 0 Å². The number of aliphatic hydroxyl groups excluding tert-OH is 5. The summed E-state index contributed by atoms with van der Waals surface area (Å²) in [5.41, 5.74) is 0.756. The van der Waals surface area contributed by atoms with Crippen LogP contribution >= 0.6 is 0 Å². The summed E-state index contributed by atoms with van der Waals surface area (Å²) in [5.74, 6) is 0. The first kappa shape index (κ1) is 24.4. The Morgan fingerprint density at radius 2 is 1.74 bits per heavy atom. The Morgan fingerprint density at radius 1 is 1.06 bits per heavy atom. The Bertz CT molecular complexity index is 810. The molecule has 0 saturated carbocycles. The molecule has 0 radical (unpaired) electrons. The van der Waals surface area contributed by atoms with Crippen molar-refractivity contribution in [1.82, 2.24) is 4.90 Å². The topological polar surface area (TPSA) is 186 Å². The van der Waals surface area contributed by atoms with Gasteiger partial charge in [0.25, 0.3) is 0 Å². The smallest absolute Gasteiger partial charge is 0.395 e. The van der Waals surface area contributed by atoms with Gasteiger partial charge in [0.2, 0.25) is 0 Å². The number of nitrogens with zero attached hydrogens (tertiary/aromatic N) is 1. The highest BCUT2D eigenvalue weighted by molar-refractivity contribution is 7.80. The van der Waals surface area contributed by atoms with Crippen LogP contribution in [0, 0.1) is 0 Å². The van der Waals surface area contributed by atoms with Crippen molar-refractivity contribution in [1.29, 1.82) is 0 Å². The van der Waals surface area contributed by atoms with E-state index in [1.165, 1.54) is 4.90 Å². The minimum absolute atomic E-state index is 0.0201. The Balaban J connectivity index is 1.77. The van der Waals surface area contributed by atoms with Crippen molar-refractivity contribution in [2.24, 2.45) is 0 Å². The molecule has 0 unspecified atom stereocenters. The van der Waals surface area contributed by atoms with Crippen molar-refractivity contribution < 1.29 is 52.2 Å². The van der Waals surface area contributed by atoms with Crippen molar-refractivity contribution in [3.8, 4) is 0 Å². The van der Waals surface area contributed by atoms with E-state index in [2.05, 4.69) is 4.18 Å². The van der Waals surface area contributed by atoms with Crippen molar-refractivity contribution in [2.75, 3.05) is 19.7 Å². The molecule has 12 nitrogen and oxygen atoms in total. The van der Waals surface area contributed by atoms with Crippen LogP contribution in [0.1, 0.15) is 5.56 Å². The number of likely N-dealkylation sites (tertiary alicyclic amines) is 1. The molecule has 2 saturated heterocycles. The molecule has 1 aromatic rings. The van der Waals surface area contributed by atoms with Gasteiger partial charge in [-0.25, -0.2) is 4.18 Å². The van der Waals surface area contributed by atoms with Crippen LogP contribution in [-0.2, 0) is 30.7 Å². The highest BCUT2D eigenvalue weighted by atomic mass is 32.3. The van der Waals surface area contributed by atoms with E-state index >= 15 is 0 Å². The normalized spacial score (nSPS) is 37.2. The van der Waals surface area contributed by atoms with E-state index in [1.54, 1.807) is 24.3 Å². The van der Waals surface area contributed by atoms with Crippen LogP contribution in [0.2, 0.25) is 0 Å². The maximum Gasteiger partial charge on any atom is 0.397 e. The van der Waals surface area contributed by atoms with Gasteiger partial charge in [-0.2, -0.15) is 8.42 Å². The number of β-amino-alcohol motifs (C(OH)–C–C–N with tert-alkyl or cyclic N) is 1. The third kappa shape index (κ3) is 5.97. The molecule has 2 heterocycles. The SMILES string of the molecule is O=S(=O)(O)O[C@@H]1[C@H](O)[C@@H](O)[C@H](OCc2ccccc2)O[C@@H]1CN1C[C@@H](O)[C@H](O)[C@H]1CO. The lowest BCUT2D eigenvalue weighted by Crippen LogP contribution is -2.62. The molecule has 6 N–H and O–H groups in total. The third-order valence-electron chi connectivity index (χ3n) is 5.41. The Morgan fingerprint density at radius 3 is 2.35 bits per heavy atom. The maximum atomic E-state index is 11.3. The number of rotatable bonds is 8. The summed E-state index contributed by atoms with van der Waals surface area (Å²) in [4.78, 5) is 1.43. The van der Waals surface area contributed by atoms with Gasteiger partial charge in [-0.1, -0.05) is 30.3 Å². The minimum Gasteiger partial charge on any atom is -0.395 e. The second-order valence-corrected chi connectivity index (χ2v) is 8.62. The number of ether oxygens (including phenoxy) is 2. The summed E-state index contributed by atoms with van der Waals surface area (Å²) in [6.45, 7) is -0.770. The molecule has 176 valence electrons. The van der Waals surface area contributed by atoms with E-state index < -0.39 is 66.0 Å². The van der Waals surface area contributed by atoms with E-state index in [4.69, 9.17) is 14.0 Å². The first-order valence-electron chi connectivity index (χ1n) is 9.64. The molecule has 1 aromatic carbocycles. The highest BCUT2D eigenvalue weighted by Gasteiger charge is 2.50. The van der Waals surface area contributed by atoms with Gasteiger partial charge in [0.05, 0.1) is 31.5 Å². The standard InChI is InChI=1S/C18H27NO11S/c20-8-11-14(22)12(21)6-19(11)7-13-17(30-31(25,26)27)15(23)16(24)18(29-13)28-9-10-4-2-1-3-5-10/h1-5,11-18,20-24H,6-9H2,(H,25,26,27)/t11-,12-,13-,14-,15-,16-,17+,18-/m1/s1. The van der Waals surface area contributed by atoms with Crippen molar-refractivity contribution in [3.05, 3.63) is 35.9 Å². The molecule has 0 aromatic heterocycles. The lowest BCUT2D eigenvalue weighted by atomic mass is 9.98. The van der Waals surface area contributed by atoms with E-state index in [1.807, 2.05) is 6.07 Å². The molecule has 2 aliphatic heterocycles. The molecule has 8 atom stereocenters. The molecule has 0 spiro atoms. The van der Waals surface area contributed by atoms with E-state index in [-0.39, 0.29) is 19.7 Å². The molecule has 0 amide bonds.